The van der Waals surface area contributed by atoms with Gasteiger partial charge in [-0.3, -0.25) is 4.99 Å². The summed E-state index contributed by atoms with van der Waals surface area (Å²) in [5, 5.41) is 10.9. The van der Waals surface area contributed by atoms with Gasteiger partial charge in [0.25, 0.3) is 0 Å². The number of guanidine groups is 1. The number of nitrogens with one attached hydrogen (secondary N) is 2. The van der Waals surface area contributed by atoms with Gasteiger partial charge in [0.15, 0.2) is 11.8 Å². The topological polar surface area (TPSA) is 78.6 Å². The van der Waals surface area contributed by atoms with E-state index in [0.717, 1.165) is 44.3 Å². The molecule has 1 aliphatic heterocycles. The van der Waals surface area contributed by atoms with E-state index in [4.69, 9.17) is 4.52 Å². The van der Waals surface area contributed by atoms with E-state index < -0.39 is 0 Å². The van der Waals surface area contributed by atoms with Crippen molar-refractivity contribution in [1.82, 2.24) is 20.8 Å². The molecule has 1 aromatic carbocycles. The van der Waals surface area contributed by atoms with Gasteiger partial charge >= 0.3 is 0 Å². The summed E-state index contributed by atoms with van der Waals surface area (Å²) in [4.78, 5) is 11.5. The van der Waals surface area contributed by atoms with E-state index in [9.17, 15) is 0 Å². The van der Waals surface area contributed by atoms with Gasteiger partial charge in [-0.1, -0.05) is 37.2 Å². The van der Waals surface area contributed by atoms with Crippen LogP contribution in [0.15, 0.2) is 39.8 Å². The zero-order chi connectivity index (χ0) is 19.8. The normalized spacial score (nSPS) is 15.9. The van der Waals surface area contributed by atoms with Gasteiger partial charge in [0, 0.05) is 43.7 Å². The van der Waals surface area contributed by atoms with Gasteiger partial charge in [-0.05, 0) is 31.9 Å². The number of benzene rings is 1. The number of para-hydroxylation sites is 1. The Bertz CT molecular complexity index is 734. The first-order valence-corrected chi connectivity index (χ1v) is 10.3. The Labute approximate surface area is 167 Å². The van der Waals surface area contributed by atoms with E-state index in [1.54, 1.807) is 0 Å². The van der Waals surface area contributed by atoms with Crippen LogP contribution < -0.4 is 15.5 Å². The molecule has 2 N–H and O–H groups in total. The third-order valence-electron chi connectivity index (χ3n) is 4.90. The smallest absolute Gasteiger partial charge is 0.228 e. The van der Waals surface area contributed by atoms with E-state index in [-0.39, 0.29) is 5.92 Å². The highest BCUT2D eigenvalue weighted by Gasteiger charge is 2.20. The molecule has 1 fully saturated rings. The lowest BCUT2D eigenvalue weighted by molar-refractivity contribution is 0.372. The maximum absolute atomic E-state index is 5.29. The van der Waals surface area contributed by atoms with Crippen LogP contribution in [0.25, 0.3) is 0 Å². The van der Waals surface area contributed by atoms with Crippen molar-refractivity contribution in [2.45, 2.75) is 52.0 Å². The number of nitrogens with zero attached hydrogens (tertiary/aromatic N) is 4. The minimum atomic E-state index is 0.279. The first-order chi connectivity index (χ1) is 13.7. The summed E-state index contributed by atoms with van der Waals surface area (Å²) in [7, 11) is 0. The maximum atomic E-state index is 5.29. The van der Waals surface area contributed by atoms with Crippen molar-refractivity contribution in [3.8, 4) is 0 Å². The van der Waals surface area contributed by atoms with Crippen LogP contribution >= 0.6 is 0 Å². The minimum Gasteiger partial charge on any atom is -0.371 e. The third-order valence-corrected chi connectivity index (χ3v) is 4.90. The summed E-state index contributed by atoms with van der Waals surface area (Å²) < 4.78 is 5.29. The molecule has 0 unspecified atom stereocenters. The Kier molecular flexibility index (Phi) is 7.28. The lowest BCUT2D eigenvalue weighted by atomic mass is 10.0. The van der Waals surface area contributed by atoms with Crippen LogP contribution in [0.4, 0.5) is 5.69 Å². The van der Waals surface area contributed by atoms with Gasteiger partial charge in [-0.15, -0.1) is 0 Å². The summed E-state index contributed by atoms with van der Waals surface area (Å²) in [5.74, 6) is 2.56. The van der Waals surface area contributed by atoms with Crippen molar-refractivity contribution in [2.24, 2.45) is 4.99 Å². The monoisotopic (exact) mass is 384 g/mol. The van der Waals surface area contributed by atoms with Crippen molar-refractivity contribution >= 4 is 11.6 Å². The van der Waals surface area contributed by atoms with Crippen molar-refractivity contribution in [2.75, 3.05) is 31.1 Å². The molecule has 7 nitrogen and oxygen atoms in total. The van der Waals surface area contributed by atoms with Gasteiger partial charge in [-0.25, -0.2) is 0 Å². The summed E-state index contributed by atoms with van der Waals surface area (Å²) >= 11 is 0. The molecule has 1 aliphatic rings. The quantitative estimate of drug-likeness (QED) is 0.564. The average molecular weight is 385 g/mol. The number of aromatic nitrogens is 2. The summed E-state index contributed by atoms with van der Waals surface area (Å²) in [6.07, 6.45) is 2.85. The number of hydrogen-bond acceptors (Lipinski definition) is 5. The Morgan fingerprint density at radius 2 is 2.00 bits per heavy atom. The van der Waals surface area contributed by atoms with Crippen molar-refractivity contribution in [3.63, 3.8) is 0 Å². The molecule has 0 spiro atoms. The lowest BCUT2D eigenvalue weighted by Crippen LogP contribution is -2.48. The van der Waals surface area contributed by atoms with Crippen molar-refractivity contribution in [1.29, 1.82) is 0 Å². The van der Waals surface area contributed by atoms with Crippen LogP contribution in [-0.4, -0.2) is 48.3 Å². The molecule has 0 amide bonds. The minimum absolute atomic E-state index is 0.279. The standard InChI is InChI=1S/C21H32N6O/c1-4-22-21(23-13-10-19-25-20(16(2)3)26-28-19)24-17-11-14-27(15-12-17)18-8-6-5-7-9-18/h5-9,16-17H,4,10-15H2,1-3H3,(H2,22,23,24). The zero-order valence-electron chi connectivity index (χ0n) is 17.2. The molecule has 152 valence electrons. The predicted octanol–water partition coefficient (Wildman–Crippen LogP) is 2.96. The Hall–Kier alpha value is -2.57. The molecule has 0 bridgehead atoms. The van der Waals surface area contributed by atoms with Gasteiger partial charge in [-0.2, -0.15) is 4.98 Å². The highest BCUT2D eigenvalue weighted by atomic mass is 16.5. The van der Waals surface area contributed by atoms with Crippen LogP contribution in [0, 0.1) is 0 Å². The van der Waals surface area contributed by atoms with Crippen LogP contribution in [0.5, 0.6) is 0 Å². The van der Waals surface area contributed by atoms with Gasteiger partial charge in [0.05, 0.1) is 6.54 Å². The number of piperidine rings is 1. The Balaban J connectivity index is 1.48. The second-order valence-electron chi connectivity index (χ2n) is 7.45. The van der Waals surface area contributed by atoms with E-state index in [1.165, 1.54) is 5.69 Å². The van der Waals surface area contributed by atoms with Crippen LogP contribution in [-0.2, 0) is 6.42 Å². The van der Waals surface area contributed by atoms with Crippen LogP contribution in [0.2, 0.25) is 0 Å². The van der Waals surface area contributed by atoms with E-state index >= 15 is 0 Å². The largest absolute Gasteiger partial charge is 0.371 e. The first-order valence-electron chi connectivity index (χ1n) is 10.3. The molecule has 3 rings (SSSR count). The number of hydrogen-bond donors (Lipinski definition) is 2. The van der Waals surface area contributed by atoms with Gasteiger partial charge in [0.2, 0.25) is 5.89 Å². The highest BCUT2D eigenvalue weighted by Crippen LogP contribution is 2.19. The molecule has 2 aromatic rings. The maximum Gasteiger partial charge on any atom is 0.228 e. The molecule has 0 radical (unpaired) electrons. The molecule has 1 saturated heterocycles. The Morgan fingerprint density at radius 1 is 1.25 bits per heavy atom. The summed E-state index contributed by atoms with van der Waals surface area (Å²) in [6, 6.07) is 11.1. The van der Waals surface area contributed by atoms with E-state index in [2.05, 4.69) is 81.8 Å². The number of aliphatic imine (C=N–C) groups is 1. The molecule has 0 saturated carbocycles. The first kappa shape index (κ1) is 20.2. The Morgan fingerprint density at radius 3 is 2.64 bits per heavy atom. The highest BCUT2D eigenvalue weighted by molar-refractivity contribution is 5.80. The average Bonchev–Trinajstić information content (AvgIpc) is 3.19. The molecule has 2 heterocycles. The summed E-state index contributed by atoms with van der Waals surface area (Å²) in [5.41, 5.74) is 1.31. The molecule has 7 heteroatoms. The molecule has 28 heavy (non-hydrogen) atoms. The lowest BCUT2D eigenvalue weighted by Gasteiger charge is -2.34. The molecule has 0 atom stereocenters. The van der Waals surface area contributed by atoms with Crippen LogP contribution in [0.3, 0.4) is 0 Å². The third kappa shape index (κ3) is 5.71. The fraction of sp³-hybridized carbons (Fsp3) is 0.571. The van der Waals surface area contributed by atoms with Crippen molar-refractivity contribution < 1.29 is 4.52 Å². The van der Waals surface area contributed by atoms with Gasteiger partial charge < -0.3 is 20.1 Å². The molecule has 0 aliphatic carbocycles. The zero-order valence-corrected chi connectivity index (χ0v) is 17.2. The van der Waals surface area contributed by atoms with E-state index in [0.29, 0.717) is 24.9 Å². The van der Waals surface area contributed by atoms with Crippen molar-refractivity contribution in [3.05, 3.63) is 42.0 Å². The molecule has 1 aromatic heterocycles. The number of anilines is 1. The number of rotatable bonds is 7. The fourth-order valence-corrected chi connectivity index (χ4v) is 3.30. The fourth-order valence-electron chi connectivity index (χ4n) is 3.30. The molecular weight excluding hydrogens is 352 g/mol. The summed E-state index contributed by atoms with van der Waals surface area (Å²) in [6.45, 7) is 9.78. The van der Waals surface area contributed by atoms with Gasteiger partial charge in [0.1, 0.15) is 0 Å². The van der Waals surface area contributed by atoms with Crippen LogP contribution in [0.1, 0.15) is 51.2 Å². The second-order valence-corrected chi connectivity index (χ2v) is 7.45. The molecular formula is C21H32N6O. The predicted molar refractivity (Wildman–Crippen MR) is 113 cm³/mol. The van der Waals surface area contributed by atoms with E-state index in [1.807, 2.05) is 0 Å². The second kappa shape index (κ2) is 10.1. The SMILES string of the molecule is CCNC(=NCCc1nc(C(C)C)no1)NC1CCN(c2ccccc2)CC1.